The van der Waals surface area contributed by atoms with Crippen molar-refractivity contribution in [2.45, 2.75) is 27.7 Å². The SMILES string of the molecule is CC(C)C(C#N)(CO[P+](=N)[O-])C(C)C. The van der Waals surface area contributed by atoms with Crippen LogP contribution in [0.3, 0.4) is 0 Å². The highest BCUT2D eigenvalue weighted by Gasteiger charge is 2.39. The molecule has 0 aliphatic carbocycles. The van der Waals surface area contributed by atoms with Crippen LogP contribution in [0.25, 0.3) is 0 Å². The third-order valence-electron chi connectivity index (χ3n) is 2.69. The summed E-state index contributed by atoms with van der Waals surface area (Å²) in [6.07, 6.45) is 0. The molecule has 1 N–H and O–H groups in total. The van der Waals surface area contributed by atoms with Gasteiger partial charge >= 0.3 is 8.17 Å². The van der Waals surface area contributed by atoms with Gasteiger partial charge in [-0.15, -0.1) is 0 Å². The van der Waals surface area contributed by atoms with E-state index in [0.29, 0.717) is 0 Å². The predicted molar refractivity (Wildman–Crippen MR) is 53.3 cm³/mol. The molecule has 0 spiro atoms. The van der Waals surface area contributed by atoms with E-state index in [1.165, 1.54) is 0 Å². The number of hydrogen-bond acceptors (Lipinski definition) is 4. The molecule has 80 valence electrons. The summed E-state index contributed by atoms with van der Waals surface area (Å²) in [5.74, 6) is 0.227. The summed E-state index contributed by atoms with van der Waals surface area (Å²) in [5, 5.41) is 15.9. The molecule has 0 aromatic heterocycles. The average Bonchev–Trinajstić information content (AvgIpc) is 2.04. The summed E-state index contributed by atoms with van der Waals surface area (Å²) in [6, 6.07) is 2.23. The first kappa shape index (κ1) is 13.5. The van der Waals surface area contributed by atoms with E-state index in [9.17, 15) is 4.89 Å². The fourth-order valence-electron chi connectivity index (χ4n) is 1.46. The number of rotatable bonds is 5. The van der Waals surface area contributed by atoms with Gasteiger partial charge in [-0.2, -0.15) is 9.79 Å². The largest absolute Gasteiger partial charge is 0.584 e. The second-order valence-corrected chi connectivity index (χ2v) is 4.76. The van der Waals surface area contributed by atoms with Crippen LogP contribution in [0.5, 0.6) is 0 Å². The molecular weight excluding hydrogens is 199 g/mol. The van der Waals surface area contributed by atoms with Crippen molar-refractivity contribution in [3.05, 3.63) is 0 Å². The molecule has 0 rings (SSSR count). The van der Waals surface area contributed by atoms with Gasteiger partial charge in [-0.3, -0.25) is 0 Å². The van der Waals surface area contributed by atoms with E-state index in [1.54, 1.807) is 0 Å². The van der Waals surface area contributed by atoms with Crippen molar-refractivity contribution in [1.29, 1.82) is 10.4 Å². The lowest BCUT2D eigenvalue weighted by Crippen LogP contribution is -2.36. The molecule has 0 aromatic carbocycles. The Hall–Kier alpha value is -0.490. The standard InChI is InChI=1S/C9H17N2O2P/c1-7(2)9(5-10,8(3)4)6-13-14(11)12/h7-8,11H,6H2,1-4H3. The molecule has 4 nitrogen and oxygen atoms in total. The third-order valence-corrected chi connectivity index (χ3v) is 3.05. The Labute approximate surface area is 86.3 Å². The molecule has 1 unspecified atom stereocenters. The zero-order chi connectivity index (χ0) is 11.4. The fourth-order valence-corrected chi connectivity index (χ4v) is 1.79. The van der Waals surface area contributed by atoms with Crippen molar-refractivity contribution in [1.82, 2.24) is 0 Å². The van der Waals surface area contributed by atoms with Crippen LogP contribution in [0.15, 0.2) is 0 Å². The quantitative estimate of drug-likeness (QED) is 0.715. The van der Waals surface area contributed by atoms with Gasteiger partial charge in [-0.25, -0.2) is 0 Å². The minimum absolute atomic E-state index is 0.0670. The Bertz CT molecular complexity index is 238. The van der Waals surface area contributed by atoms with Crippen molar-refractivity contribution in [3.63, 3.8) is 0 Å². The molecule has 0 saturated carbocycles. The minimum Gasteiger partial charge on any atom is -0.584 e. The monoisotopic (exact) mass is 216 g/mol. The maximum absolute atomic E-state index is 10.5. The fraction of sp³-hybridized carbons (Fsp3) is 0.889. The first-order valence-corrected chi connectivity index (χ1v) is 5.77. The molecule has 14 heavy (non-hydrogen) atoms. The van der Waals surface area contributed by atoms with E-state index in [2.05, 4.69) is 6.07 Å². The van der Waals surface area contributed by atoms with Crippen LogP contribution in [0.2, 0.25) is 0 Å². The van der Waals surface area contributed by atoms with Gasteiger partial charge in [0.1, 0.15) is 6.61 Å². The van der Waals surface area contributed by atoms with E-state index >= 15 is 0 Å². The molecule has 0 amide bonds. The van der Waals surface area contributed by atoms with Crippen LogP contribution in [-0.2, 0) is 4.52 Å². The van der Waals surface area contributed by atoms with E-state index in [4.69, 9.17) is 14.9 Å². The number of nitrogens with zero attached hydrogens (tertiary/aromatic N) is 1. The highest BCUT2D eigenvalue weighted by atomic mass is 31.1. The van der Waals surface area contributed by atoms with E-state index in [-0.39, 0.29) is 18.4 Å². The van der Waals surface area contributed by atoms with E-state index < -0.39 is 13.6 Å². The number of nitrogens with one attached hydrogen (secondary N) is 1. The highest BCUT2D eigenvalue weighted by Crippen LogP contribution is 2.37. The van der Waals surface area contributed by atoms with Gasteiger partial charge in [0.2, 0.25) is 0 Å². The first-order chi connectivity index (χ1) is 6.36. The summed E-state index contributed by atoms with van der Waals surface area (Å²) in [6.45, 7) is 7.80. The molecule has 0 aliphatic heterocycles. The van der Waals surface area contributed by atoms with Crippen molar-refractivity contribution in [3.8, 4) is 6.07 Å². The summed E-state index contributed by atoms with van der Waals surface area (Å²) >= 11 is 0. The molecule has 0 radical (unpaired) electrons. The van der Waals surface area contributed by atoms with Crippen LogP contribution < -0.4 is 4.89 Å². The van der Waals surface area contributed by atoms with Gasteiger partial charge < -0.3 is 4.89 Å². The normalized spacial score (nSPS) is 13.1. The van der Waals surface area contributed by atoms with E-state index in [1.807, 2.05) is 27.7 Å². The molecule has 0 aliphatic rings. The Balaban J connectivity index is 4.71. The predicted octanol–water partition coefficient (Wildman–Crippen LogP) is 2.26. The minimum atomic E-state index is -2.37. The molecule has 1 atom stereocenters. The maximum Gasteiger partial charge on any atom is 0.338 e. The summed E-state index contributed by atoms with van der Waals surface area (Å²) in [4.78, 5) is 10.5. The molecule has 0 bridgehead atoms. The Morgan fingerprint density at radius 2 is 1.86 bits per heavy atom. The van der Waals surface area contributed by atoms with Crippen LogP contribution in [0, 0.1) is 33.7 Å². The highest BCUT2D eigenvalue weighted by molar-refractivity contribution is 7.31. The van der Waals surface area contributed by atoms with Crippen molar-refractivity contribution in [2.75, 3.05) is 6.61 Å². The van der Waals surface area contributed by atoms with Gasteiger partial charge in [0.15, 0.2) is 0 Å². The second kappa shape index (κ2) is 5.41. The van der Waals surface area contributed by atoms with Crippen molar-refractivity contribution >= 4 is 8.17 Å². The first-order valence-electron chi connectivity index (χ1n) is 4.59. The van der Waals surface area contributed by atoms with Gasteiger partial charge in [0.05, 0.1) is 11.5 Å². The average molecular weight is 216 g/mol. The van der Waals surface area contributed by atoms with Gasteiger partial charge in [-0.1, -0.05) is 32.9 Å². The molecule has 0 fully saturated rings. The zero-order valence-electron chi connectivity index (χ0n) is 9.07. The van der Waals surface area contributed by atoms with Crippen LogP contribution in [-0.4, -0.2) is 6.61 Å². The lowest BCUT2D eigenvalue weighted by atomic mass is 9.71. The van der Waals surface area contributed by atoms with Gasteiger partial charge in [0, 0.05) is 0 Å². The van der Waals surface area contributed by atoms with E-state index in [0.717, 1.165) is 0 Å². The van der Waals surface area contributed by atoms with Crippen LogP contribution >= 0.6 is 8.17 Å². The second-order valence-electron chi connectivity index (χ2n) is 3.99. The maximum atomic E-state index is 10.5. The van der Waals surface area contributed by atoms with Crippen molar-refractivity contribution < 1.29 is 9.42 Å². The molecule has 0 saturated heterocycles. The molecule has 5 heteroatoms. The molecule has 0 heterocycles. The number of hydrogen-bond donors (Lipinski definition) is 1. The van der Waals surface area contributed by atoms with Crippen molar-refractivity contribution in [2.24, 2.45) is 17.3 Å². The smallest absolute Gasteiger partial charge is 0.338 e. The Kier molecular flexibility index (Phi) is 5.22. The Morgan fingerprint density at radius 3 is 2.07 bits per heavy atom. The summed E-state index contributed by atoms with van der Waals surface area (Å²) in [7, 11) is -2.37. The van der Waals surface area contributed by atoms with Gasteiger partial charge in [-0.05, 0) is 11.8 Å². The lowest BCUT2D eigenvalue weighted by Gasteiger charge is -2.32. The van der Waals surface area contributed by atoms with Crippen LogP contribution in [0.4, 0.5) is 0 Å². The summed E-state index contributed by atoms with van der Waals surface area (Å²) < 4.78 is 4.77. The van der Waals surface area contributed by atoms with Crippen LogP contribution in [0.1, 0.15) is 27.7 Å². The zero-order valence-corrected chi connectivity index (χ0v) is 9.97. The van der Waals surface area contributed by atoms with Gasteiger partial charge in [0.25, 0.3) is 0 Å². The molecular formula is C9H17N2O2P. The summed E-state index contributed by atoms with van der Waals surface area (Å²) in [5.41, 5.74) is -0.647. The Morgan fingerprint density at radius 1 is 1.43 bits per heavy atom. The topological polar surface area (TPSA) is 79.9 Å². The molecule has 0 aromatic rings. The third kappa shape index (κ3) is 3.02. The number of nitriles is 1. The lowest BCUT2D eigenvalue weighted by molar-refractivity contribution is -0.178.